The molecule has 0 amide bonds. The molecule has 3 aromatic heterocycles. The molecule has 7 heteroatoms. The molecule has 3 aromatic rings. The highest BCUT2D eigenvalue weighted by molar-refractivity contribution is 7.15. The van der Waals surface area contributed by atoms with Gasteiger partial charge < -0.3 is 5.73 Å². The third-order valence-corrected chi connectivity index (χ3v) is 6.54. The number of anilines is 1. The van der Waals surface area contributed by atoms with Crippen molar-refractivity contribution in [3.05, 3.63) is 55.4 Å². The maximum absolute atomic E-state index is 5.77. The largest absolute Gasteiger partial charge is 0.375 e. The van der Waals surface area contributed by atoms with Gasteiger partial charge in [0.25, 0.3) is 0 Å². The first kappa shape index (κ1) is 16.0. The van der Waals surface area contributed by atoms with Gasteiger partial charge in [-0.05, 0) is 34.9 Å². The minimum Gasteiger partial charge on any atom is -0.375 e. The van der Waals surface area contributed by atoms with E-state index in [0.29, 0.717) is 11.2 Å². The van der Waals surface area contributed by atoms with Crippen molar-refractivity contribution in [1.29, 1.82) is 0 Å². The van der Waals surface area contributed by atoms with Gasteiger partial charge >= 0.3 is 0 Å². The van der Waals surface area contributed by atoms with E-state index in [0.717, 1.165) is 19.5 Å². The molecule has 1 unspecified atom stereocenters. The number of nitrogen functional groups attached to an aromatic ring is 1. The van der Waals surface area contributed by atoms with Crippen LogP contribution in [0.25, 0.3) is 0 Å². The molecule has 0 spiro atoms. The van der Waals surface area contributed by atoms with Crippen molar-refractivity contribution in [2.75, 3.05) is 12.3 Å². The van der Waals surface area contributed by atoms with Crippen LogP contribution in [0.2, 0.25) is 0 Å². The first-order chi connectivity index (χ1) is 10.3. The Morgan fingerprint density at radius 1 is 1.27 bits per heavy atom. The van der Waals surface area contributed by atoms with Crippen LogP contribution in [-0.2, 0) is 13.0 Å². The quantitative estimate of drug-likeness (QED) is 0.743. The van der Waals surface area contributed by atoms with E-state index in [1.54, 1.807) is 11.3 Å². The normalized spacial score (nSPS) is 17.9. The van der Waals surface area contributed by atoms with Crippen LogP contribution in [0, 0.1) is 0 Å². The fraction of sp³-hybridized carbons (Fsp3) is 0.267. The van der Waals surface area contributed by atoms with Crippen LogP contribution in [0.15, 0.2) is 35.2 Å². The topological polar surface area (TPSA) is 42.1 Å². The monoisotopic (exact) mass is 369 g/mol. The zero-order valence-corrected chi connectivity index (χ0v) is 15.0. The highest BCUT2D eigenvalue weighted by Gasteiger charge is 2.30. The van der Waals surface area contributed by atoms with Crippen molar-refractivity contribution in [3.63, 3.8) is 0 Å². The molecule has 4 rings (SSSR count). The molecule has 0 radical (unpaired) electrons. The fourth-order valence-corrected chi connectivity index (χ4v) is 5.40. The number of hydrogen-bond acceptors (Lipinski definition) is 6. The van der Waals surface area contributed by atoms with Crippen molar-refractivity contribution in [2.24, 2.45) is 0 Å². The van der Waals surface area contributed by atoms with Crippen LogP contribution >= 0.6 is 46.4 Å². The Kier molecular flexibility index (Phi) is 4.84. The van der Waals surface area contributed by atoms with Crippen molar-refractivity contribution >= 4 is 51.5 Å². The Morgan fingerprint density at radius 2 is 2.18 bits per heavy atom. The number of halogens is 1. The van der Waals surface area contributed by atoms with Crippen LogP contribution in [0.3, 0.4) is 0 Å². The lowest BCUT2D eigenvalue weighted by Crippen LogP contribution is -2.34. The summed E-state index contributed by atoms with van der Waals surface area (Å²) in [6.07, 6.45) is 3.05. The summed E-state index contributed by atoms with van der Waals surface area (Å²) in [6.45, 7) is 2.01. The number of fused-ring (bicyclic) bond motifs is 1. The SMILES string of the molecule is Cl.Nc1ncc(CN2CCc3sccc3C2c2cccs2)s1. The number of aromatic nitrogens is 1. The minimum absolute atomic E-state index is 0. The van der Waals surface area contributed by atoms with Crippen molar-refractivity contribution in [2.45, 2.75) is 19.0 Å². The van der Waals surface area contributed by atoms with Crippen LogP contribution in [0.4, 0.5) is 5.13 Å². The molecule has 0 aliphatic carbocycles. The van der Waals surface area contributed by atoms with E-state index in [1.165, 1.54) is 20.2 Å². The summed E-state index contributed by atoms with van der Waals surface area (Å²) in [6, 6.07) is 7.06. The highest BCUT2D eigenvalue weighted by Crippen LogP contribution is 2.40. The van der Waals surface area contributed by atoms with Gasteiger partial charge in [-0.25, -0.2) is 4.98 Å². The van der Waals surface area contributed by atoms with Crippen molar-refractivity contribution < 1.29 is 0 Å². The number of hydrogen-bond donors (Lipinski definition) is 1. The Balaban J connectivity index is 0.00000144. The lowest BCUT2D eigenvalue weighted by Gasteiger charge is -2.35. The Labute approximate surface area is 147 Å². The predicted molar refractivity (Wildman–Crippen MR) is 98.4 cm³/mol. The van der Waals surface area contributed by atoms with Gasteiger partial charge in [0.05, 0.1) is 6.04 Å². The van der Waals surface area contributed by atoms with Crippen LogP contribution < -0.4 is 5.73 Å². The summed E-state index contributed by atoms with van der Waals surface area (Å²) in [5.41, 5.74) is 7.24. The average Bonchev–Trinajstić information content (AvgIpc) is 3.20. The van der Waals surface area contributed by atoms with E-state index in [9.17, 15) is 0 Å². The molecule has 0 saturated carbocycles. The van der Waals surface area contributed by atoms with E-state index in [1.807, 2.05) is 28.9 Å². The molecule has 116 valence electrons. The Bertz CT molecular complexity index is 735. The predicted octanol–water partition coefficient (Wildman–Crippen LogP) is 4.42. The van der Waals surface area contributed by atoms with E-state index >= 15 is 0 Å². The van der Waals surface area contributed by atoms with Crippen LogP contribution in [0.5, 0.6) is 0 Å². The molecule has 0 fully saturated rings. The highest BCUT2D eigenvalue weighted by atomic mass is 35.5. The van der Waals surface area contributed by atoms with Gasteiger partial charge in [0.15, 0.2) is 5.13 Å². The second kappa shape index (κ2) is 6.68. The van der Waals surface area contributed by atoms with Gasteiger partial charge in [0.1, 0.15) is 0 Å². The number of thiazole rings is 1. The summed E-state index contributed by atoms with van der Waals surface area (Å²) >= 11 is 5.32. The number of rotatable bonds is 3. The van der Waals surface area contributed by atoms with E-state index in [-0.39, 0.29) is 12.4 Å². The lowest BCUT2D eigenvalue weighted by atomic mass is 9.98. The van der Waals surface area contributed by atoms with Crippen LogP contribution in [-0.4, -0.2) is 16.4 Å². The maximum Gasteiger partial charge on any atom is 0.180 e. The molecule has 0 aromatic carbocycles. The van der Waals surface area contributed by atoms with Crippen molar-refractivity contribution in [3.8, 4) is 0 Å². The van der Waals surface area contributed by atoms with Gasteiger partial charge in [-0.15, -0.1) is 46.4 Å². The van der Waals surface area contributed by atoms with Gasteiger partial charge in [0, 0.05) is 33.9 Å². The second-order valence-electron chi connectivity index (χ2n) is 5.10. The minimum atomic E-state index is 0. The maximum atomic E-state index is 5.77. The van der Waals surface area contributed by atoms with Gasteiger partial charge in [0.2, 0.25) is 0 Å². The standard InChI is InChI=1S/C15H15N3S3.ClH/c16-15-17-8-10(21-15)9-18-5-3-12-11(4-7-20-12)14(18)13-2-1-6-19-13;/h1-2,4,6-8,14H,3,5,9H2,(H2,16,17);1H. The summed E-state index contributed by atoms with van der Waals surface area (Å²) < 4.78 is 0. The molecule has 0 bridgehead atoms. The van der Waals surface area contributed by atoms with E-state index in [2.05, 4.69) is 38.8 Å². The molecule has 3 nitrogen and oxygen atoms in total. The summed E-state index contributed by atoms with van der Waals surface area (Å²) in [5.74, 6) is 0. The fourth-order valence-electron chi connectivity index (χ4n) is 2.91. The Hall–Kier alpha value is -0.920. The molecular weight excluding hydrogens is 354 g/mol. The molecule has 1 aliphatic rings. The van der Waals surface area contributed by atoms with Crippen LogP contribution in [0.1, 0.15) is 26.2 Å². The molecule has 4 heterocycles. The van der Waals surface area contributed by atoms with E-state index in [4.69, 9.17) is 5.73 Å². The summed E-state index contributed by atoms with van der Waals surface area (Å²) in [5, 5.41) is 5.05. The number of nitrogens with two attached hydrogens (primary N) is 1. The van der Waals surface area contributed by atoms with Crippen molar-refractivity contribution in [1.82, 2.24) is 9.88 Å². The summed E-state index contributed by atoms with van der Waals surface area (Å²) in [7, 11) is 0. The third-order valence-electron chi connectivity index (χ3n) is 3.81. The summed E-state index contributed by atoms with van der Waals surface area (Å²) in [4.78, 5) is 10.9. The third kappa shape index (κ3) is 2.94. The molecule has 22 heavy (non-hydrogen) atoms. The zero-order valence-electron chi connectivity index (χ0n) is 11.8. The Morgan fingerprint density at radius 3 is 2.91 bits per heavy atom. The van der Waals surface area contributed by atoms with Gasteiger partial charge in [-0.2, -0.15) is 0 Å². The lowest BCUT2D eigenvalue weighted by molar-refractivity contribution is 0.210. The zero-order chi connectivity index (χ0) is 14.2. The molecule has 2 N–H and O–H groups in total. The second-order valence-corrected chi connectivity index (χ2v) is 8.23. The van der Waals surface area contributed by atoms with Gasteiger partial charge in [-0.3, -0.25) is 4.90 Å². The van der Waals surface area contributed by atoms with Gasteiger partial charge in [-0.1, -0.05) is 6.07 Å². The molecule has 0 saturated heterocycles. The average molecular weight is 370 g/mol. The first-order valence-electron chi connectivity index (χ1n) is 6.85. The first-order valence-corrected chi connectivity index (χ1v) is 9.43. The van der Waals surface area contributed by atoms with E-state index < -0.39 is 0 Å². The molecular formula is C15H16ClN3S3. The number of nitrogens with zero attached hydrogens (tertiary/aromatic N) is 2. The molecule has 1 atom stereocenters. The number of thiophene rings is 2. The smallest absolute Gasteiger partial charge is 0.180 e. The molecule has 1 aliphatic heterocycles.